The lowest BCUT2D eigenvalue weighted by Gasteiger charge is -2.31. The van der Waals surface area contributed by atoms with Gasteiger partial charge in [-0.1, -0.05) is 35.6 Å². The van der Waals surface area contributed by atoms with Crippen LogP contribution in [0.3, 0.4) is 0 Å². The van der Waals surface area contributed by atoms with Crippen LogP contribution in [0.1, 0.15) is 34.3 Å². The van der Waals surface area contributed by atoms with E-state index in [1.54, 1.807) is 47.4 Å². The van der Waals surface area contributed by atoms with Crippen molar-refractivity contribution in [2.75, 3.05) is 13.1 Å². The highest BCUT2D eigenvalue weighted by Crippen LogP contribution is 2.34. The number of amides is 1. The number of likely N-dealkylation sites (tertiary alicyclic amines) is 1. The van der Waals surface area contributed by atoms with Crippen molar-refractivity contribution >= 4 is 28.2 Å². The van der Waals surface area contributed by atoms with Crippen molar-refractivity contribution in [3.8, 4) is 10.6 Å². The largest absolute Gasteiger partial charge is 0.451 e. The molecule has 1 atom stereocenters. The summed E-state index contributed by atoms with van der Waals surface area (Å²) in [6.07, 6.45) is 1.65. The quantitative estimate of drug-likeness (QED) is 0.475. The number of hydrogen-bond donors (Lipinski definition) is 0. The zero-order valence-electron chi connectivity index (χ0n) is 16.5. The molecule has 0 radical (unpaired) electrons. The van der Waals surface area contributed by atoms with Gasteiger partial charge < -0.3 is 9.32 Å². The van der Waals surface area contributed by atoms with Crippen molar-refractivity contribution in [2.24, 2.45) is 0 Å². The second kappa shape index (κ2) is 8.03. The molecule has 6 nitrogen and oxygen atoms in total. The monoisotopic (exact) mass is 435 g/mol. The number of benzene rings is 2. The first-order chi connectivity index (χ1) is 15.1. The summed E-state index contributed by atoms with van der Waals surface area (Å²) in [5.41, 5.74) is 0.580. The van der Waals surface area contributed by atoms with Crippen molar-refractivity contribution in [2.45, 2.75) is 18.8 Å². The van der Waals surface area contributed by atoms with Crippen LogP contribution in [0.25, 0.3) is 21.5 Å². The Morgan fingerprint density at radius 3 is 2.81 bits per heavy atom. The predicted molar refractivity (Wildman–Crippen MR) is 116 cm³/mol. The number of nitrogens with zero attached hydrogens (tertiary/aromatic N) is 3. The van der Waals surface area contributed by atoms with Crippen LogP contribution in [0.5, 0.6) is 0 Å². The van der Waals surface area contributed by atoms with Gasteiger partial charge in [-0.3, -0.25) is 9.59 Å². The maximum Gasteiger partial charge on any atom is 0.289 e. The van der Waals surface area contributed by atoms with Crippen LogP contribution in [-0.2, 0) is 0 Å². The van der Waals surface area contributed by atoms with Gasteiger partial charge in [0.05, 0.1) is 5.39 Å². The van der Waals surface area contributed by atoms with Crippen LogP contribution < -0.4 is 5.43 Å². The van der Waals surface area contributed by atoms with Gasteiger partial charge >= 0.3 is 0 Å². The summed E-state index contributed by atoms with van der Waals surface area (Å²) >= 11 is 1.35. The van der Waals surface area contributed by atoms with Gasteiger partial charge in [-0.05, 0) is 37.1 Å². The smallest absolute Gasteiger partial charge is 0.289 e. The molecule has 156 valence electrons. The van der Waals surface area contributed by atoms with Gasteiger partial charge in [0.2, 0.25) is 0 Å². The van der Waals surface area contributed by atoms with Crippen LogP contribution in [0.2, 0.25) is 0 Å². The number of fused-ring (bicyclic) bond motifs is 1. The Hall–Kier alpha value is -3.39. The summed E-state index contributed by atoms with van der Waals surface area (Å²) in [6, 6.07) is 14.6. The minimum atomic E-state index is -0.336. The van der Waals surface area contributed by atoms with E-state index in [-0.39, 0.29) is 28.8 Å². The molecule has 3 heterocycles. The predicted octanol–water partition coefficient (Wildman–Crippen LogP) is 4.47. The fourth-order valence-electron chi connectivity index (χ4n) is 3.87. The second-order valence-corrected chi connectivity index (χ2v) is 8.50. The topological polar surface area (TPSA) is 76.3 Å². The molecule has 0 N–H and O–H groups in total. The lowest BCUT2D eigenvalue weighted by molar-refractivity contribution is 0.0675. The number of hydrogen-bond acceptors (Lipinski definition) is 6. The molecule has 5 rings (SSSR count). The maximum absolute atomic E-state index is 14.1. The van der Waals surface area contributed by atoms with Crippen molar-refractivity contribution in [1.29, 1.82) is 0 Å². The highest BCUT2D eigenvalue weighted by Gasteiger charge is 2.29. The molecule has 0 bridgehead atoms. The molecule has 0 unspecified atom stereocenters. The summed E-state index contributed by atoms with van der Waals surface area (Å²) in [5.74, 6) is -0.611. The molecule has 0 aliphatic carbocycles. The van der Waals surface area contributed by atoms with Crippen molar-refractivity contribution in [1.82, 2.24) is 15.1 Å². The van der Waals surface area contributed by atoms with Crippen molar-refractivity contribution < 1.29 is 13.6 Å². The summed E-state index contributed by atoms with van der Waals surface area (Å²) in [7, 11) is 0. The third-order valence-corrected chi connectivity index (χ3v) is 6.57. The maximum atomic E-state index is 14.1. The lowest BCUT2D eigenvalue weighted by Crippen LogP contribution is -2.39. The molecule has 2 aromatic heterocycles. The van der Waals surface area contributed by atoms with Gasteiger partial charge in [-0.2, -0.15) is 0 Å². The van der Waals surface area contributed by atoms with E-state index in [0.717, 1.165) is 17.8 Å². The Morgan fingerprint density at radius 1 is 1.13 bits per heavy atom. The standard InChI is InChI=1S/C23H18FN3O3S/c24-17-9-3-1-7-15(17)22-26-25-21(31-22)14-6-5-11-27(13-14)23(29)20-12-18(28)16-8-2-4-10-19(16)30-20/h1-4,7-10,12,14H,5-6,11,13H2/t14-/m1/s1. The first kappa shape index (κ1) is 19.6. The van der Waals surface area contributed by atoms with Crippen LogP contribution in [-0.4, -0.2) is 34.1 Å². The normalized spacial score (nSPS) is 16.5. The Bertz CT molecular complexity index is 1330. The average molecular weight is 435 g/mol. The van der Waals surface area contributed by atoms with E-state index in [2.05, 4.69) is 10.2 Å². The summed E-state index contributed by atoms with van der Waals surface area (Å²) in [4.78, 5) is 27.1. The Kier molecular flexibility index (Phi) is 5.07. The van der Waals surface area contributed by atoms with Gasteiger partial charge in [0, 0.05) is 30.6 Å². The number of carbonyl (C=O) groups excluding carboxylic acids is 1. The summed E-state index contributed by atoms with van der Waals surface area (Å²) in [5, 5.41) is 10.2. The summed E-state index contributed by atoms with van der Waals surface area (Å²) in [6.45, 7) is 1.02. The van der Waals surface area contributed by atoms with Gasteiger partial charge in [0.25, 0.3) is 5.91 Å². The highest BCUT2D eigenvalue weighted by atomic mass is 32.1. The van der Waals surface area contributed by atoms with E-state index in [1.165, 1.54) is 23.5 Å². The Balaban J connectivity index is 1.38. The van der Waals surface area contributed by atoms with E-state index in [1.807, 2.05) is 0 Å². The number of carbonyl (C=O) groups is 1. The summed E-state index contributed by atoms with van der Waals surface area (Å²) < 4.78 is 19.8. The molecule has 1 aliphatic rings. The van der Waals surface area contributed by atoms with Gasteiger partial charge in [-0.15, -0.1) is 10.2 Å². The minimum Gasteiger partial charge on any atom is -0.451 e. The van der Waals surface area contributed by atoms with Gasteiger partial charge in [-0.25, -0.2) is 4.39 Å². The van der Waals surface area contributed by atoms with Crippen LogP contribution in [0.15, 0.2) is 63.8 Å². The molecular formula is C23H18FN3O3S. The Morgan fingerprint density at radius 2 is 1.94 bits per heavy atom. The molecular weight excluding hydrogens is 417 g/mol. The first-order valence-electron chi connectivity index (χ1n) is 10.0. The van der Waals surface area contributed by atoms with Crippen molar-refractivity contribution in [3.63, 3.8) is 0 Å². The fraction of sp³-hybridized carbons (Fsp3) is 0.217. The molecule has 2 aromatic carbocycles. The highest BCUT2D eigenvalue weighted by molar-refractivity contribution is 7.14. The minimum absolute atomic E-state index is 0.00269. The molecule has 4 aromatic rings. The molecule has 31 heavy (non-hydrogen) atoms. The van der Waals surface area contributed by atoms with Crippen LogP contribution >= 0.6 is 11.3 Å². The number of rotatable bonds is 3. The fourth-order valence-corrected chi connectivity index (χ4v) is 4.87. The third-order valence-electron chi connectivity index (χ3n) is 5.45. The molecule has 0 spiro atoms. The number of aromatic nitrogens is 2. The molecule has 1 aliphatic heterocycles. The number of piperidine rings is 1. The SMILES string of the molecule is O=C(c1cc(=O)c2ccccc2o1)N1CCC[C@@H](c2nnc(-c3ccccc3F)s2)C1. The number of para-hydroxylation sites is 1. The first-order valence-corrected chi connectivity index (χ1v) is 10.8. The van der Waals surface area contributed by atoms with Crippen molar-refractivity contribution in [3.05, 3.63) is 81.4 Å². The Labute approximate surface area is 181 Å². The molecule has 8 heteroatoms. The number of halogens is 1. The van der Waals surface area contributed by atoms with Gasteiger partial charge in [0.15, 0.2) is 16.2 Å². The molecule has 1 amide bonds. The zero-order valence-corrected chi connectivity index (χ0v) is 17.3. The van der Waals surface area contributed by atoms with E-state index >= 15 is 0 Å². The zero-order chi connectivity index (χ0) is 21.4. The average Bonchev–Trinajstić information content (AvgIpc) is 3.29. The van der Waals surface area contributed by atoms with Crippen LogP contribution in [0, 0.1) is 5.82 Å². The third kappa shape index (κ3) is 3.74. The van der Waals surface area contributed by atoms with Gasteiger partial charge in [0.1, 0.15) is 16.4 Å². The lowest BCUT2D eigenvalue weighted by atomic mass is 9.98. The molecule has 0 saturated carbocycles. The van der Waals surface area contributed by atoms with E-state index in [9.17, 15) is 14.0 Å². The van der Waals surface area contributed by atoms with E-state index in [4.69, 9.17) is 4.42 Å². The van der Waals surface area contributed by atoms with E-state index < -0.39 is 0 Å². The van der Waals surface area contributed by atoms with Crippen LogP contribution in [0.4, 0.5) is 4.39 Å². The molecule has 1 fully saturated rings. The molecule has 1 saturated heterocycles. The second-order valence-electron chi connectivity index (χ2n) is 7.49. The van der Waals surface area contributed by atoms with E-state index in [0.29, 0.717) is 34.6 Å².